The standard InChI is InChI=1S/C26H33NO4/c1-29-22-11-10-21(18-23(22)30-2)26(12-6-7-13-26)24(28)27-19-25(14-16-31-17-15-25)20-8-4-3-5-9-20/h3-5,8-11,18H,6-7,12-17,19H2,1-2H3,(H,27,28). The molecule has 0 unspecified atom stereocenters. The van der Waals surface area contributed by atoms with Gasteiger partial charge in [-0.1, -0.05) is 49.2 Å². The summed E-state index contributed by atoms with van der Waals surface area (Å²) in [5, 5.41) is 3.37. The molecule has 2 fully saturated rings. The van der Waals surface area contributed by atoms with Crippen LogP contribution >= 0.6 is 0 Å². The third-order valence-corrected chi connectivity index (χ3v) is 7.25. The maximum Gasteiger partial charge on any atom is 0.230 e. The van der Waals surface area contributed by atoms with Gasteiger partial charge in [-0.2, -0.15) is 0 Å². The molecule has 1 saturated carbocycles. The largest absolute Gasteiger partial charge is 0.493 e. The number of amides is 1. The molecule has 2 aliphatic rings. The van der Waals surface area contributed by atoms with Gasteiger partial charge in [0.05, 0.1) is 19.6 Å². The van der Waals surface area contributed by atoms with Gasteiger partial charge in [0.25, 0.3) is 0 Å². The molecule has 0 bridgehead atoms. The number of methoxy groups -OCH3 is 2. The van der Waals surface area contributed by atoms with E-state index in [0.29, 0.717) is 18.0 Å². The van der Waals surface area contributed by atoms with Gasteiger partial charge in [-0.05, 0) is 48.9 Å². The first-order valence-electron chi connectivity index (χ1n) is 11.3. The fourth-order valence-electron chi connectivity index (χ4n) is 5.30. The van der Waals surface area contributed by atoms with Gasteiger partial charge in [-0.15, -0.1) is 0 Å². The average Bonchev–Trinajstić information content (AvgIpc) is 3.34. The number of hydrogen-bond acceptors (Lipinski definition) is 4. The molecule has 0 spiro atoms. The van der Waals surface area contributed by atoms with E-state index in [1.165, 1.54) is 5.56 Å². The molecule has 1 N–H and O–H groups in total. The van der Waals surface area contributed by atoms with Gasteiger partial charge < -0.3 is 19.5 Å². The Morgan fingerprint density at radius 2 is 1.58 bits per heavy atom. The van der Waals surface area contributed by atoms with Gasteiger partial charge >= 0.3 is 0 Å². The van der Waals surface area contributed by atoms with Gasteiger partial charge in [-0.25, -0.2) is 0 Å². The van der Waals surface area contributed by atoms with E-state index >= 15 is 0 Å². The molecule has 2 aromatic rings. The summed E-state index contributed by atoms with van der Waals surface area (Å²) in [7, 11) is 3.27. The van der Waals surface area contributed by atoms with Crippen LogP contribution in [0.25, 0.3) is 0 Å². The van der Waals surface area contributed by atoms with E-state index in [0.717, 1.165) is 57.3 Å². The van der Waals surface area contributed by atoms with E-state index < -0.39 is 5.41 Å². The molecule has 1 aliphatic carbocycles. The first-order valence-corrected chi connectivity index (χ1v) is 11.3. The lowest BCUT2D eigenvalue weighted by Gasteiger charge is -2.39. The Labute approximate surface area is 185 Å². The number of nitrogens with one attached hydrogen (secondary N) is 1. The maximum atomic E-state index is 13.7. The average molecular weight is 424 g/mol. The topological polar surface area (TPSA) is 56.8 Å². The van der Waals surface area contributed by atoms with E-state index in [9.17, 15) is 4.79 Å². The molecule has 1 saturated heterocycles. The van der Waals surface area contributed by atoms with Crippen molar-refractivity contribution in [3.05, 3.63) is 59.7 Å². The highest BCUT2D eigenvalue weighted by Gasteiger charge is 2.44. The molecule has 4 rings (SSSR count). The lowest BCUT2D eigenvalue weighted by Crippen LogP contribution is -2.50. The number of ether oxygens (including phenoxy) is 3. The van der Waals surface area contributed by atoms with E-state index in [1.54, 1.807) is 14.2 Å². The third-order valence-electron chi connectivity index (χ3n) is 7.25. The van der Waals surface area contributed by atoms with Gasteiger partial charge in [0.2, 0.25) is 5.91 Å². The molecule has 5 heteroatoms. The fourth-order valence-corrected chi connectivity index (χ4v) is 5.30. The van der Waals surface area contributed by atoms with Crippen molar-refractivity contribution in [3.63, 3.8) is 0 Å². The van der Waals surface area contributed by atoms with Crippen LogP contribution in [0.2, 0.25) is 0 Å². The molecule has 0 aromatic heterocycles. The molecule has 1 heterocycles. The van der Waals surface area contributed by atoms with Crippen LogP contribution in [0.15, 0.2) is 48.5 Å². The molecule has 166 valence electrons. The Bertz CT molecular complexity index is 884. The molecular weight excluding hydrogens is 390 g/mol. The van der Waals surface area contributed by atoms with Crippen LogP contribution in [0.1, 0.15) is 49.7 Å². The minimum atomic E-state index is -0.511. The molecule has 0 atom stereocenters. The summed E-state index contributed by atoms with van der Waals surface area (Å²) in [5.41, 5.74) is 1.71. The summed E-state index contributed by atoms with van der Waals surface area (Å²) < 4.78 is 16.6. The van der Waals surface area contributed by atoms with E-state index in [1.807, 2.05) is 24.3 Å². The van der Waals surface area contributed by atoms with Crippen molar-refractivity contribution >= 4 is 5.91 Å². The summed E-state index contributed by atoms with van der Waals surface area (Å²) in [6, 6.07) is 16.5. The van der Waals surface area contributed by atoms with Crippen LogP contribution in [0.5, 0.6) is 11.5 Å². The van der Waals surface area contributed by atoms with Crippen molar-refractivity contribution in [2.45, 2.75) is 49.4 Å². The molecule has 2 aromatic carbocycles. The molecule has 31 heavy (non-hydrogen) atoms. The normalized spacial score (nSPS) is 19.5. The van der Waals surface area contributed by atoms with Crippen molar-refractivity contribution in [2.24, 2.45) is 0 Å². The van der Waals surface area contributed by atoms with Crippen LogP contribution in [0.3, 0.4) is 0 Å². The van der Waals surface area contributed by atoms with E-state index in [-0.39, 0.29) is 11.3 Å². The zero-order valence-corrected chi connectivity index (χ0v) is 18.6. The smallest absolute Gasteiger partial charge is 0.230 e. The van der Waals surface area contributed by atoms with Gasteiger partial charge in [0, 0.05) is 25.2 Å². The van der Waals surface area contributed by atoms with Crippen LogP contribution < -0.4 is 14.8 Å². The van der Waals surface area contributed by atoms with Crippen molar-refractivity contribution < 1.29 is 19.0 Å². The van der Waals surface area contributed by atoms with Crippen LogP contribution in [-0.2, 0) is 20.4 Å². The number of benzene rings is 2. The predicted octanol–water partition coefficient (Wildman–Crippen LogP) is 4.38. The first kappa shape index (κ1) is 21.7. The van der Waals surface area contributed by atoms with E-state index in [2.05, 4.69) is 29.6 Å². The Hall–Kier alpha value is -2.53. The minimum Gasteiger partial charge on any atom is -0.493 e. The highest BCUT2D eigenvalue weighted by Crippen LogP contribution is 2.44. The van der Waals surface area contributed by atoms with Gasteiger partial charge in [0.1, 0.15) is 0 Å². The Morgan fingerprint density at radius 1 is 0.903 bits per heavy atom. The molecule has 5 nitrogen and oxygen atoms in total. The number of rotatable bonds is 7. The van der Waals surface area contributed by atoms with Crippen LogP contribution in [-0.4, -0.2) is 39.9 Å². The second kappa shape index (κ2) is 9.31. The summed E-state index contributed by atoms with van der Waals surface area (Å²) in [6.45, 7) is 2.09. The summed E-state index contributed by atoms with van der Waals surface area (Å²) in [4.78, 5) is 13.7. The molecule has 1 amide bonds. The summed E-state index contributed by atoms with van der Waals surface area (Å²) in [6.07, 6.45) is 5.66. The fraction of sp³-hybridized carbons (Fsp3) is 0.500. The minimum absolute atomic E-state index is 0.0768. The number of carbonyl (C=O) groups excluding carboxylic acids is 1. The number of carbonyl (C=O) groups is 1. The quantitative estimate of drug-likeness (QED) is 0.718. The second-order valence-electron chi connectivity index (χ2n) is 8.80. The van der Waals surface area contributed by atoms with Crippen molar-refractivity contribution in [1.82, 2.24) is 5.32 Å². The lowest BCUT2D eigenvalue weighted by molar-refractivity contribution is -0.127. The van der Waals surface area contributed by atoms with Crippen LogP contribution in [0, 0.1) is 0 Å². The molecular formula is C26H33NO4. The zero-order valence-electron chi connectivity index (χ0n) is 18.6. The van der Waals surface area contributed by atoms with Gasteiger partial charge in [-0.3, -0.25) is 4.79 Å². The predicted molar refractivity (Wildman–Crippen MR) is 121 cm³/mol. The lowest BCUT2D eigenvalue weighted by atomic mass is 9.73. The van der Waals surface area contributed by atoms with Crippen molar-refractivity contribution in [1.29, 1.82) is 0 Å². The summed E-state index contributed by atoms with van der Waals surface area (Å²) >= 11 is 0. The van der Waals surface area contributed by atoms with Crippen molar-refractivity contribution in [2.75, 3.05) is 34.0 Å². The van der Waals surface area contributed by atoms with Crippen molar-refractivity contribution in [3.8, 4) is 11.5 Å². The Kier molecular flexibility index (Phi) is 6.51. The number of hydrogen-bond donors (Lipinski definition) is 1. The Balaban J connectivity index is 1.59. The van der Waals surface area contributed by atoms with Crippen LogP contribution in [0.4, 0.5) is 0 Å². The van der Waals surface area contributed by atoms with E-state index in [4.69, 9.17) is 14.2 Å². The highest BCUT2D eigenvalue weighted by molar-refractivity contribution is 5.89. The third kappa shape index (κ3) is 4.16. The molecule has 0 radical (unpaired) electrons. The first-order chi connectivity index (χ1) is 15.1. The second-order valence-corrected chi connectivity index (χ2v) is 8.80. The highest BCUT2D eigenvalue weighted by atomic mass is 16.5. The maximum absolute atomic E-state index is 13.7. The molecule has 1 aliphatic heterocycles. The SMILES string of the molecule is COc1ccc(C2(C(=O)NCC3(c4ccccc4)CCOCC3)CCCC2)cc1OC. The monoisotopic (exact) mass is 423 g/mol. The van der Waals surface area contributed by atoms with Gasteiger partial charge in [0.15, 0.2) is 11.5 Å². The Morgan fingerprint density at radius 3 is 2.23 bits per heavy atom. The zero-order chi connectivity index (χ0) is 21.7. The summed E-state index contributed by atoms with van der Waals surface area (Å²) in [5.74, 6) is 1.48.